The number of nitrogens with zero attached hydrogens (tertiary/aromatic N) is 1. The van der Waals surface area contributed by atoms with E-state index in [1.54, 1.807) is 14.2 Å². The minimum Gasteiger partial charge on any atom is -0.493 e. The smallest absolute Gasteiger partial charge is 0.161 e. The van der Waals surface area contributed by atoms with Gasteiger partial charge in [0.25, 0.3) is 0 Å². The molecule has 2 aromatic rings. The third kappa shape index (κ3) is 2.30. The van der Waals surface area contributed by atoms with Crippen molar-refractivity contribution < 1.29 is 9.47 Å². The van der Waals surface area contributed by atoms with Crippen LogP contribution in [-0.2, 0) is 0 Å². The molecule has 1 saturated heterocycles. The van der Waals surface area contributed by atoms with Gasteiger partial charge in [-0.25, -0.2) is 0 Å². The summed E-state index contributed by atoms with van der Waals surface area (Å²) >= 11 is 0. The van der Waals surface area contributed by atoms with Crippen LogP contribution in [0, 0.1) is 5.92 Å². The molecular formula is C21H25NO2. The largest absolute Gasteiger partial charge is 0.493 e. The molecule has 0 spiro atoms. The Hall–Kier alpha value is -2.00. The number of rotatable bonds is 3. The molecule has 2 aliphatic rings. The first-order valence-electron chi connectivity index (χ1n) is 8.75. The van der Waals surface area contributed by atoms with E-state index in [4.69, 9.17) is 9.47 Å². The lowest BCUT2D eigenvalue weighted by Gasteiger charge is -2.37. The van der Waals surface area contributed by atoms with Crippen LogP contribution in [0.15, 0.2) is 42.5 Å². The Morgan fingerprint density at radius 3 is 2.29 bits per heavy atom. The fourth-order valence-corrected chi connectivity index (χ4v) is 4.77. The first kappa shape index (κ1) is 15.5. The van der Waals surface area contributed by atoms with Crippen molar-refractivity contribution in [2.24, 2.45) is 5.92 Å². The quantitative estimate of drug-likeness (QED) is 0.843. The van der Waals surface area contributed by atoms with Gasteiger partial charge in [-0.3, -0.25) is 4.90 Å². The Balaban J connectivity index is 1.90. The molecule has 0 radical (unpaired) electrons. The molecule has 0 bridgehead atoms. The first-order valence-corrected chi connectivity index (χ1v) is 8.75. The van der Waals surface area contributed by atoms with Gasteiger partial charge in [-0.2, -0.15) is 0 Å². The number of ether oxygens (including phenoxy) is 2. The van der Waals surface area contributed by atoms with E-state index in [1.165, 1.54) is 29.5 Å². The minimum atomic E-state index is 0.439. The Kier molecular flexibility index (Phi) is 3.97. The van der Waals surface area contributed by atoms with Gasteiger partial charge in [0.05, 0.1) is 14.2 Å². The fourth-order valence-electron chi connectivity index (χ4n) is 4.77. The van der Waals surface area contributed by atoms with Crippen molar-refractivity contribution in [3.63, 3.8) is 0 Å². The van der Waals surface area contributed by atoms with Gasteiger partial charge in [0.2, 0.25) is 0 Å². The van der Waals surface area contributed by atoms with Crippen LogP contribution in [0.25, 0.3) is 0 Å². The van der Waals surface area contributed by atoms with Gasteiger partial charge in [0, 0.05) is 12.0 Å². The lowest BCUT2D eigenvalue weighted by atomic mass is 9.80. The summed E-state index contributed by atoms with van der Waals surface area (Å²) in [5, 5.41) is 0. The molecule has 0 saturated carbocycles. The maximum absolute atomic E-state index is 5.59. The molecule has 1 heterocycles. The van der Waals surface area contributed by atoms with Crippen LogP contribution in [0.3, 0.4) is 0 Å². The Labute approximate surface area is 144 Å². The van der Waals surface area contributed by atoms with Crippen LogP contribution >= 0.6 is 0 Å². The van der Waals surface area contributed by atoms with Crippen molar-refractivity contribution in [3.8, 4) is 11.5 Å². The number of benzene rings is 2. The second-order valence-electron chi connectivity index (χ2n) is 6.96. The zero-order valence-corrected chi connectivity index (χ0v) is 14.7. The molecule has 0 N–H and O–H groups in total. The zero-order valence-electron chi connectivity index (χ0n) is 14.7. The molecule has 3 heteroatoms. The van der Waals surface area contributed by atoms with Gasteiger partial charge in [0.1, 0.15) is 0 Å². The second kappa shape index (κ2) is 6.14. The summed E-state index contributed by atoms with van der Waals surface area (Å²) < 4.78 is 11.2. The monoisotopic (exact) mass is 323 g/mol. The highest BCUT2D eigenvalue weighted by Crippen LogP contribution is 2.56. The van der Waals surface area contributed by atoms with Crippen molar-refractivity contribution in [3.05, 3.63) is 59.2 Å². The molecule has 1 fully saturated rings. The van der Waals surface area contributed by atoms with Crippen LogP contribution in [0.5, 0.6) is 11.5 Å². The van der Waals surface area contributed by atoms with Gasteiger partial charge < -0.3 is 9.47 Å². The van der Waals surface area contributed by atoms with Crippen molar-refractivity contribution in [1.82, 2.24) is 4.90 Å². The van der Waals surface area contributed by atoms with E-state index in [0.29, 0.717) is 17.9 Å². The third-order valence-electron chi connectivity index (χ3n) is 5.76. The summed E-state index contributed by atoms with van der Waals surface area (Å²) in [4.78, 5) is 2.52. The molecule has 0 aromatic heterocycles. The number of likely N-dealkylation sites (tertiary alicyclic amines) is 1. The van der Waals surface area contributed by atoms with Crippen LogP contribution in [0.4, 0.5) is 0 Å². The Morgan fingerprint density at radius 2 is 1.62 bits per heavy atom. The number of methoxy groups -OCH3 is 2. The fraction of sp³-hybridized carbons (Fsp3) is 0.429. The molecule has 3 nitrogen and oxygen atoms in total. The minimum absolute atomic E-state index is 0.439. The van der Waals surface area contributed by atoms with E-state index in [1.807, 2.05) is 0 Å². The molecule has 0 unspecified atom stereocenters. The van der Waals surface area contributed by atoms with Crippen LogP contribution in [-0.4, -0.2) is 32.7 Å². The van der Waals surface area contributed by atoms with Crippen molar-refractivity contribution in [2.45, 2.75) is 24.8 Å². The predicted molar refractivity (Wildman–Crippen MR) is 95.9 cm³/mol. The SMILES string of the molecule is COc1cc2c(cc1OC)[C@@H]1[C@@H](CCCN1C)[C@H]2c1ccccc1. The van der Waals surface area contributed by atoms with Crippen LogP contribution in [0.2, 0.25) is 0 Å². The Morgan fingerprint density at radius 1 is 0.958 bits per heavy atom. The lowest BCUT2D eigenvalue weighted by molar-refractivity contribution is 0.126. The number of hydrogen-bond acceptors (Lipinski definition) is 3. The normalized spacial score (nSPS) is 25.9. The lowest BCUT2D eigenvalue weighted by Crippen LogP contribution is -2.34. The number of fused-ring (bicyclic) bond motifs is 3. The molecular weight excluding hydrogens is 298 g/mol. The standard InChI is InChI=1S/C21H25NO2/c1-22-11-7-10-15-20(14-8-5-4-6-9-14)16-12-18(23-2)19(24-3)13-17(16)21(15)22/h4-6,8-9,12-13,15,20-21H,7,10-11H2,1-3H3/t15-,20+,21-/m0/s1. The number of piperidine rings is 1. The molecule has 1 aliphatic carbocycles. The third-order valence-corrected chi connectivity index (χ3v) is 5.76. The molecule has 1 aliphatic heterocycles. The average molecular weight is 323 g/mol. The van der Waals surface area contributed by atoms with Gasteiger partial charge in [0.15, 0.2) is 11.5 Å². The maximum Gasteiger partial charge on any atom is 0.161 e. The topological polar surface area (TPSA) is 21.7 Å². The molecule has 126 valence electrons. The zero-order chi connectivity index (χ0) is 16.7. The molecule has 3 atom stereocenters. The van der Waals surface area contributed by atoms with E-state index in [-0.39, 0.29) is 0 Å². The van der Waals surface area contributed by atoms with E-state index in [2.05, 4.69) is 54.4 Å². The van der Waals surface area contributed by atoms with Gasteiger partial charge >= 0.3 is 0 Å². The Bertz CT molecular complexity index is 728. The van der Waals surface area contributed by atoms with Crippen molar-refractivity contribution in [2.75, 3.05) is 27.8 Å². The second-order valence-corrected chi connectivity index (χ2v) is 6.96. The number of hydrogen-bond donors (Lipinski definition) is 0. The van der Waals surface area contributed by atoms with Crippen LogP contribution < -0.4 is 9.47 Å². The highest BCUT2D eigenvalue weighted by Gasteiger charge is 2.45. The average Bonchev–Trinajstić information content (AvgIpc) is 2.95. The summed E-state index contributed by atoms with van der Waals surface area (Å²) in [6.45, 7) is 1.16. The van der Waals surface area contributed by atoms with Gasteiger partial charge in [-0.05, 0) is 61.2 Å². The summed E-state index contributed by atoms with van der Waals surface area (Å²) in [7, 11) is 5.69. The first-order chi connectivity index (χ1) is 11.7. The predicted octanol–water partition coefficient (Wildman–Crippen LogP) is 4.23. The highest BCUT2D eigenvalue weighted by molar-refractivity contribution is 5.55. The highest BCUT2D eigenvalue weighted by atomic mass is 16.5. The van der Waals surface area contributed by atoms with Crippen molar-refractivity contribution >= 4 is 0 Å². The molecule has 24 heavy (non-hydrogen) atoms. The van der Waals surface area contributed by atoms with Gasteiger partial charge in [-0.1, -0.05) is 30.3 Å². The summed E-state index contributed by atoms with van der Waals surface area (Å²) in [6, 6.07) is 15.8. The van der Waals surface area contributed by atoms with E-state index in [9.17, 15) is 0 Å². The summed E-state index contributed by atoms with van der Waals surface area (Å²) in [5.41, 5.74) is 4.23. The molecule has 4 rings (SSSR count). The summed E-state index contributed by atoms with van der Waals surface area (Å²) in [5.74, 6) is 2.73. The maximum atomic E-state index is 5.59. The summed E-state index contributed by atoms with van der Waals surface area (Å²) in [6.07, 6.45) is 2.54. The van der Waals surface area contributed by atoms with Crippen molar-refractivity contribution in [1.29, 1.82) is 0 Å². The van der Waals surface area contributed by atoms with Gasteiger partial charge in [-0.15, -0.1) is 0 Å². The van der Waals surface area contributed by atoms with E-state index < -0.39 is 0 Å². The van der Waals surface area contributed by atoms with Crippen LogP contribution in [0.1, 0.15) is 41.5 Å². The van der Waals surface area contributed by atoms with E-state index >= 15 is 0 Å². The van der Waals surface area contributed by atoms with E-state index in [0.717, 1.165) is 18.0 Å². The molecule has 2 aromatic carbocycles. The molecule has 0 amide bonds.